The molecule has 1 aromatic heterocycles. The molecule has 0 aliphatic rings. The number of nitrogens with one attached hydrogen (secondary N) is 1. The standard InChI is InChI=1S/C14H16N4O3/c1-8-4-6-11(7-5-8)18-10(3)12(16-17-18)13(19)15-9(2)14(20)21/h4-7,9H,1-3H3,(H,15,19)(H,20,21)/t9-/m0/s1. The average Bonchev–Trinajstić information content (AvgIpc) is 2.81. The van der Waals surface area contributed by atoms with Crippen LogP contribution in [0.4, 0.5) is 0 Å². The molecule has 0 radical (unpaired) electrons. The maximum atomic E-state index is 12.0. The van der Waals surface area contributed by atoms with E-state index in [1.54, 1.807) is 11.6 Å². The summed E-state index contributed by atoms with van der Waals surface area (Å²) in [6.07, 6.45) is 0. The van der Waals surface area contributed by atoms with Crippen LogP contribution >= 0.6 is 0 Å². The minimum atomic E-state index is -1.10. The van der Waals surface area contributed by atoms with Crippen molar-refractivity contribution in [3.8, 4) is 5.69 Å². The first-order valence-electron chi connectivity index (χ1n) is 6.43. The van der Waals surface area contributed by atoms with Crippen molar-refractivity contribution in [1.29, 1.82) is 0 Å². The summed E-state index contributed by atoms with van der Waals surface area (Å²) < 4.78 is 1.54. The van der Waals surface area contributed by atoms with Crippen LogP contribution in [0.25, 0.3) is 5.69 Å². The molecule has 0 spiro atoms. The fourth-order valence-corrected chi connectivity index (χ4v) is 1.80. The summed E-state index contributed by atoms with van der Waals surface area (Å²) in [4.78, 5) is 22.7. The smallest absolute Gasteiger partial charge is 0.325 e. The highest BCUT2D eigenvalue weighted by Gasteiger charge is 2.21. The molecule has 110 valence electrons. The van der Waals surface area contributed by atoms with Gasteiger partial charge in [0.2, 0.25) is 0 Å². The molecule has 1 atom stereocenters. The number of aryl methyl sites for hydroxylation is 1. The van der Waals surface area contributed by atoms with Gasteiger partial charge in [-0.25, -0.2) is 4.68 Å². The number of carbonyl (C=O) groups excluding carboxylic acids is 1. The van der Waals surface area contributed by atoms with Crippen molar-refractivity contribution in [1.82, 2.24) is 20.3 Å². The molecule has 0 fully saturated rings. The third-order valence-electron chi connectivity index (χ3n) is 3.11. The van der Waals surface area contributed by atoms with Gasteiger partial charge >= 0.3 is 5.97 Å². The quantitative estimate of drug-likeness (QED) is 0.877. The number of carboxylic acids is 1. The second kappa shape index (κ2) is 5.74. The fourth-order valence-electron chi connectivity index (χ4n) is 1.80. The lowest BCUT2D eigenvalue weighted by Crippen LogP contribution is -2.38. The number of aliphatic carboxylic acids is 1. The summed E-state index contributed by atoms with van der Waals surface area (Å²) in [5, 5.41) is 18.9. The number of aromatic nitrogens is 3. The molecule has 2 N–H and O–H groups in total. The van der Waals surface area contributed by atoms with E-state index in [1.165, 1.54) is 6.92 Å². The Bertz CT molecular complexity index is 676. The molecule has 0 saturated heterocycles. The minimum absolute atomic E-state index is 0.115. The molecule has 0 saturated carbocycles. The van der Waals surface area contributed by atoms with E-state index in [-0.39, 0.29) is 5.69 Å². The van der Waals surface area contributed by atoms with Crippen LogP contribution in [0, 0.1) is 13.8 Å². The van der Waals surface area contributed by atoms with E-state index in [4.69, 9.17) is 5.11 Å². The first kappa shape index (κ1) is 14.7. The summed E-state index contributed by atoms with van der Waals surface area (Å²) in [7, 11) is 0. The Morgan fingerprint density at radius 3 is 2.43 bits per heavy atom. The number of hydrogen-bond acceptors (Lipinski definition) is 4. The zero-order chi connectivity index (χ0) is 15.6. The Morgan fingerprint density at radius 1 is 1.24 bits per heavy atom. The third kappa shape index (κ3) is 3.07. The first-order chi connectivity index (χ1) is 9.90. The van der Waals surface area contributed by atoms with Crippen LogP contribution in [0.2, 0.25) is 0 Å². The van der Waals surface area contributed by atoms with Crippen molar-refractivity contribution >= 4 is 11.9 Å². The van der Waals surface area contributed by atoms with Gasteiger partial charge in [0.25, 0.3) is 5.91 Å². The van der Waals surface area contributed by atoms with E-state index < -0.39 is 17.9 Å². The lowest BCUT2D eigenvalue weighted by atomic mass is 10.2. The molecule has 1 heterocycles. The summed E-state index contributed by atoms with van der Waals surface area (Å²) in [6.45, 7) is 5.07. The molecule has 7 heteroatoms. The number of rotatable bonds is 4. The van der Waals surface area contributed by atoms with E-state index in [0.717, 1.165) is 11.3 Å². The van der Waals surface area contributed by atoms with Gasteiger partial charge in [-0.15, -0.1) is 5.10 Å². The largest absolute Gasteiger partial charge is 0.480 e. The van der Waals surface area contributed by atoms with Crippen molar-refractivity contribution in [2.75, 3.05) is 0 Å². The number of carbonyl (C=O) groups is 2. The Kier molecular flexibility index (Phi) is 4.02. The van der Waals surface area contributed by atoms with Gasteiger partial charge in [0.15, 0.2) is 5.69 Å². The maximum absolute atomic E-state index is 12.0. The van der Waals surface area contributed by atoms with Crippen molar-refractivity contribution in [2.24, 2.45) is 0 Å². The molecule has 21 heavy (non-hydrogen) atoms. The molecule has 1 aromatic carbocycles. The zero-order valence-corrected chi connectivity index (χ0v) is 12.0. The third-order valence-corrected chi connectivity index (χ3v) is 3.11. The Balaban J connectivity index is 2.26. The molecule has 7 nitrogen and oxygen atoms in total. The van der Waals surface area contributed by atoms with Gasteiger partial charge in [0.1, 0.15) is 6.04 Å². The number of carboxylic acid groups (broad SMARTS) is 1. The second-order valence-corrected chi connectivity index (χ2v) is 4.80. The van der Waals surface area contributed by atoms with Crippen LogP contribution in [0.1, 0.15) is 28.7 Å². The second-order valence-electron chi connectivity index (χ2n) is 4.80. The monoisotopic (exact) mass is 288 g/mol. The summed E-state index contributed by atoms with van der Waals surface area (Å²) >= 11 is 0. The lowest BCUT2D eigenvalue weighted by Gasteiger charge is -2.08. The number of nitrogens with zero attached hydrogens (tertiary/aromatic N) is 3. The van der Waals surface area contributed by atoms with Gasteiger partial charge in [-0.2, -0.15) is 0 Å². The van der Waals surface area contributed by atoms with Crippen molar-refractivity contribution in [3.63, 3.8) is 0 Å². The van der Waals surface area contributed by atoms with Gasteiger partial charge in [0.05, 0.1) is 11.4 Å². The van der Waals surface area contributed by atoms with Crippen LogP contribution in [0.3, 0.4) is 0 Å². The molecule has 0 aliphatic heterocycles. The van der Waals surface area contributed by atoms with Crippen molar-refractivity contribution < 1.29 is 14.7 Å². The summed E-state index contributed by atoms with van der Waals surface area (Å²) in [5.41, 5.74) is 2.57. The van der Waals surface area contributed by atoms with Crippen LogP contribution in [-0.4, -0.2) is 38.0 Å². The first-order valence-corrected chi connectivity index (χ1v) is 6.43. The number of amides is 1. The van der Waals surface area contributed by atoms with E-state index >= 15 is 0 Å². The van der Waals surface area contributed by atoms with Gasteiger partial charge in [-0.1, -0.05) is 22.9 Å². The molecule has 0 aliphatic carbocycles. The summed E-state index contributed by atoms with van der Waals surface area (Å²) in [5.74, 6) is -1.66. The predicted molar refractivity (Wildman–Crippen MR) is 75.4 cm³/mol. The van der Waals surface area contributed by atoms with Gasteiger partial charge in [-0.3, -0.25) is 9.59 Å². The van der Waals surface area contributed by atoms with Crippen molar-refractivity contribution in [3.05, 3.63) is 41.2 Å². The van der Waals surface area contributed by atoms with E-state index in [2.05, 4.69) is 15.6 Å². The van der Waals surface area contributed by atoms with E-state index in [0.29, 0.717) is 5.69 Å². The van der Waals surface area contributed by atoms with Crippen LogP contribution in [0.5, 0.6) is 0 Å². The van der Waals surface area contributed by atoms with Crippen LogP contribution in [0.15, 0.2) is 24.3 Å². The topological polar surface area (TPSA) is 97.1 Å². The SMILES string of the molecule is Cc1ccc(-n2nnc(C(=O)N[C@@H](C)C(=O)O)c2C)cc1. The molecule has 2 rings (SSSR count). The Labute approximate surface area is 121 Å². The predicted octanol–water partition coefficient (Wildman–Crippen LogP) is 1.09. The molecular formula is C14H16N4O3. The highest BCUT2D eigenvalue weighted by atomic mass is 16.4. The summed E-state index contributed by atoms with van der Waals surface area (Å²) in [6, 6.07) is 6.63. The molecule has 1 amide bonds. The average molecular weight is 288 g/mol. The van der Waals surface area contributed by atoms with Gasteiger partial charge in [-0.05, 0) is 32.9 Å². The normalized spacial score (nSPS) is 12.0. The molecule has 2 aromatic rings. The number of hydrogen-bond donors (Lipinski definition) is 2. The fraction of sp³-hybridized carbons (Fsp3) is 0.286. The minimum Gasteiger partial charge on any atom is -0.480 e. The van der Waals surface area contributed by atoms with E-state index in [1.807, 2.05) is 31.2 Å². The molecular weight excluding hydrogens is 272 g/mol. The van der Waals surface area contributed by atoms with Gasteiger partial charge in [0, 0.05) is 0 Å². The van der Waals surface area contributed by atoms with Crippen LogP contribution < -0.4 is 5.32 Å². The highest BCUT2D eigenvalue weighted by Crippen LogP contribution is 2.13. The van der Waals surface area contributed by atoms with Gasteiger partial charge < -0.3 is 10.4 Å². The maximum Gasteiger partial charge on any atom is 0.325 e. The molecule has 0 unspecified atom stereocenters. The lowest BCUT2D eigenvalue weighted by molar-refractivity contribution is -0.138. The Hall–Kier alpha value is -2.70. The zero-order valence-electron chi connectivity index (χ0n) is 12.0. The number of benzene rings is 1. The molecule has 0 bridgehead atoms. The van der Waals surface area contributed by atoms with Crippen molar-refractivity contribution in [2.45, 2.75) is 26.8 Å². The highest BCUT2D eigenvalue weighted by molar-refractivity contribution is 5.95. The van der Waals surface area contributed by atoms with Crippen LogP contribution in [-0.2, 0) is 4.79 Å². The van der Waals surface area contributed by atoms with E-state index in [9.17, 15) is 9.59 Å². The Morgan fingerprint density at radius 2 is 1.86 bits per heavy atom.